The average molecular weight is 348 g/mol. The number of carbonyl (C=O) groups excluding carboxylic acids is 2. The zero-order chi connectivity index (χ0) is 18.5. The highest BCUT2D eigenvalue weighted by Gasteiger charge is 2.10. The Labute approximate surface area is 151 Å². The Bertz CT molecular complexity index is 531. The number of hydrogen-bond donors (Lipinski definition) is 2. The quantitative estimate of drug-likeness (QED) is 0.568. The van der Waals surface area contributed by atoms with Crippen LogP contribution in [-0.2, 0) is 16.1 Å². The van der Waals surface area contributed by atoms with Crippen LogP contribution in [0.2, 0.25) is 0 Å². The van der Waals surface area contributed by atoms with E-state index in [-0.39, 0.29) is 30.7 Å². The van der Waals surface area contributed by atoms with E-state index in [1.165, 1.54) is 19.3 Å². The lowest BCUT2D eigenvalue weighted by Crippen LogP contribution is -2.33. The molecular formula is C20H32N2O3. The molecule has 1 aromatic carbocycles. The second-order valence-corrected chi connectivity index (χ2v) is 6.45. The Kier molecular flexibility index (Phi) is 10.4. The molecule has 0 aliphatic rings. The predicted octanol–water partition coefficient (Wildman–Crippen LogP) is 3.57. The number of carbonyl (C=O) groups is 2. The molecule has 0 saturated carbocycles. The molecule has 0 aromatic heterocycles. The molecule has 0 aliphatic heterocycles. The number of methoxy groups -OCH3 is 1. The van der Waals surface area contributed by atoms with Crippen molar-refractivity contribution in [3.05, 3.63) is 29.8 Å². The summed E-state index contributed by atoms with van der Waals surface area (Å²) in [6, 6.07) is 7.72. The van der Waals surface area contributed by atoms with Gasteiger partial charge in [0.05, 0.1) is 7.11 Å². The molecule has 2 amide bonds. The predicted molar refractivity (Wildman–Crippen MR) is 100 cm³/mol. The number of amides is 2. The zero-order valence-electron chi connectivity index (χ0n) is 15.8. The summed E-state index contributed by atoms with van der Waals surface area (Å²) in [4.78, 5) is 23.8. The lowest BCUT2D eigenvalue weighted by molar-refractivity contribution is -0.126. The fourth-order valence-electron chi connectivity index (χ4n) is 2.59. The highest BCUT2D eigenvalue weighted by atomic mass is 16.5. The van der Waals surface area contributed by atoms with Crippen LogP contribution in [0, 0.1) is 0 Å². The van der Waals surface area contributed by atoms with Crippen molar-refractivity contribution in [2.45, 2.75) is 71.4 Å². The molecule has 140 valence electrons. The standard InChI is InChI=1S/C20H32N2O3/c1-4-5-6-7-9-16(2)22-20(24)13-12-19(23)21-15-17-10-8-11-18(14-17)25-3/h8,10-11,14,16H,4-7,9,12-13,15H2,1-3H3,(H,21,23)(H,22,24)/t16-/m0/s1. The van der Waals surface area contributed by atoms with E-state index in [2.05, 4.69) is 17.6 Å². The summed E-state index contributed by atoms with van der Waals surface area (Å²) in [7, 11) is 1.61. The van der Waals surface area contributed by atoms with Crippen molar-refractivity contribution < 1.29 is 14.3 Å². The van der Waals surface area contributed by atoms with Gasteiger partial charge < -0.3 is 15.4 Å². The number of hydrogen-bond acceptors (Lipinski definition) is 3. The normalized spacial score (nSPS) is 11.6. The first kappa shape index (κ1) is 21.0. The molecule has 0 saturated heterocycles. The van der Waals surface area contributed by atoms with Gasteiger partial charge in [-0.3, -0.25) is 9.59 Å². The number of benzene rings is 1. The first-order valence-electron chi connectivity index (χ1n) is 9.24. The summed E-state index contributed by atoms with van der Waals surface area (Å²) < 4.78 is 5.15. The van der Waals surface area contributed by atoms with Gasteiger partial charge in [-0.1, -0.05) is 44.7 Å². The van der Waals surface area contributed by atoms with Crippen LogP contribution in [0.4, 0.5) is 0 Å². The first-order chi connectivity index (χ1) is 12.0. The Balaban J connectivity index is 2.18. The highest BCUT2D eigenvalue weighted by molar-refractivity contribution is 5.83. The van der Waals surface area contributed by atoms with Crippen LogP contribution >= 0.6 is 0 Å². The number of nitrogens with one attached hydrogen (secondary N) is 2. The van der Waals surface area contributed by atoms with Crippen molar-refractivity contribution in [1.82, 2.24) is 10.6 Å². The highest BCUT2D eigenvalue weighted by Crippen LogP contribution is 2.12. The minimum absolute atomic E-state index is 0.0560. The molecule has 0 fully saturated rings. The lowest BCUT2D eigenvalue weighted by atomic mass is 10.1. The van der Waals surface area contributed by atoms with Crippen LogP contribution < -0.4 is 15.4 Å². The molecule has 2 N–H and O–H groups in total. The SMILES string of the molecule is CCCCCC[C@H](C)NC(=O)CCC(=O)NCc1cccc(OC)c1. The van der Waals surface area contributed by atoms with Crippen LogP contribution in [-0.4, -0.2) is 25.0 Å². The third-order valence-corrected chi connectivity index (χ3v) is 4.10. The van der Waals surface area contributed by atoms with Crippen molar-refractivity contribution in [3.8, 4) is 5.75 Å². The van der Waals surface area contributed by atoms with Crippen LogP contribution in [0.1, 0.15) is 64.4 Å². The van der Waals surface area contributed by atoms with Crippen molar-refractivity contribution in [1.29, 1.82) is 0 Å². The van der Waals surface area contributed by atoms with Crippen molar-refractivity contribution in [3.63, 3.8) is 0 Å². The Morgan fingerprint density at radius 2 is 1.88 bits per heavy atom. The molecular weight excluding hydrogens is 316 g/mol. The second kappa shape index (κ2) is 12.3. The molecule has 1 atom stereocenters. The van der Waals surface area contributed by atoms with Crippen molar-refractivity contribution >= 4 is 11.8 Å². The second-order valence-electron chi connectivity index (χ2n) is 6.45. The van der Waals surface area contributed by atoms with Crippen LogP contribution in [0.15, 0.2) is 24.3 Å². The summed E-state index contributed by atoms with van der Waals surface area (Å²) in [5.41, 5.74) is 0.970. The van der Waals surface area contributed by atoms with E-state index in [0.717, 1.165) is 24.2 Å². The van der Waals surface area contributed by atoms with Crippen molar-refractivity contribution in [2.75, 3.05) is 7.11 Å². The van der Waals surface area contributed by atoms with Gasteiger partial charge in [0.1, 0.15) is 5.75 Å². The van der Waals surface area contributed by atoms with E-state index in [1.54, 1.807) is 7.11 Å². The lowest BCUT2D eigenvalue weighted by Gasteiger charge is -2.13. The maximum Gasteiger partial charge on any atom is 0.220 e. The van der Waals surface area contributed by atoms with Crippen LogP contribution in [0.3, 0.4) is 0 Å². The van der Waals surface area contributed by atoms with Gasteiger partial charge in [0, 0.05) is 25.4 Å². The topological polar surface area (TPSA) is 67.4 Å². The minimum Gasteiger partial charge on any atom is -0.497 e. The molecule has 1 aromatic rings. The average Bonchev–Trinajstić information content (AvgIpc) is 2.62. The Morgan fingerprint density at radius 1 is 1.12 bits per heavy atom. The van der Waals surface area contributed by atoms with E-state index in [9.17, 15) is 9.59 Å². The van der Waals surface area contributed by atoms with E-state index < -0.39 is 0 Å². The van der Waals surface area contributed by atoms with Gasteiger partial charge in [0.25, 0.3) is 0 Å². The molecule has 0 heterocycles. The fourth-order valence-corrected chi connectivity index (χ4v) is 2.59. The van der Waals surface area contributed by atoms with E-state index in [0.29, 0.717) is 6.54 Å². The summed E-state index contributed by atoms with van der Waals surface area (Å²) in [5.74, 6) is 0.590. The van der Waals surface area contributed by atoms with Gasteiger partial charge >= 0.3 is 0 Å². The molecule has 25 heavy (non-hydrogen) atoms. The molecule has 1 rings (SSSR count). The van der Waals surface area contributed by atoms with Gasteiger partial charge in [0.15, 0.2) is 0 Å². The van der Waals surface area contributed by atoms with Gasteiger partial charge in [-0.2, -0.15) is 0 Å². The summed E-state index contributed by atoms with van der Waals surface area (Å²) in [6.07, 6.45) is 6.23. The monoisotopic (exact) mass is 348 g/mol. The smallest absolute Gasteiger partial charge is 0.220 e. The molecule has 0 spiro atoms. The molecule has 0 radical (unpaired) electrons. The van der Waals surface area contributed by atoms with Gasteiger partial charge in [0.2, 0.25) is 11.8 Å². The molecule has 0 bridgehead atoms. The van der Waals surface area contributed by atoms with Gasteiger partial charge in [-0.15, -0.1) is 0 Å². The van der Waals surface area contributed by atoms with Gasteiger partial charge in [-0.05, 0) is 31.0 Å². The summed E-state index contributed by atoms with van der Waals surface area (Å²) in [5, 5.41) is 5.80. The number of ether oxygens (including phenoxy) is 1. The number of unbranched alkanes of at least 4 members (excludes halogenated alkanes) is 3. The summed E-state index contributed by atoms with van der Waals surface area (Å²) >= 11 is 0. The van der Waals surface area contributed by atoms with Crippen molar-refractivity contribution in [2.24, 2.45) is 0 Å². The minimum atomic E-state index is -0.117. The Hall–Kier alpha value is -2.04. The summed E-state index contributed by atoms with van der Waals surface area (Å²) in [6.45, 7) is 4.64. The Morgan fingerprint density at radius 3 is 2.60 bits per heavy atom. The molecule has 5 nitrogen and oxygen atoms in total. The fraction of sp³-hybridized carbons (Fsp3) is 0.600. The maximum absolute atomic E-state index is 11.9. The number of rotatable bonds is 12. The maximum atomic E-state index is 11.9. The largest absolute Gasteiger partial charge is 0.497 e. The third-order valence-electron chi connectivity index (χ3n) is 4.10. The molecule has 0 unspecified atom stereocenters. The zero-order valence-corrected chi connectivity index (χ0v) is 15.8. The van der Waals surface area contributed by atoms with Crippen LogP contribution in [0.5, 0.6) is 5.75 Å². The molecule has 5 heteroatoms. The molecule has 0 aliphatic carbocycles. The van der Waals surface area contributed by atoms with E-state index in [4.69, 9.17) is 4.74 Å². The third kappa shape index (κ3) is 9.75. The van der Waals surface area contributed by atoms with Crippen LogP contribution in [0.25, 0.3) is 0 Å². The van der Waals surface area contributed by atoms with E-state index >= 15 is 0 Å². The van der Waals surface area contributed by atoms with Gasteiger partial charge in [-0.25, -0.2) is 0 Å². The first-order valence-corrected chi connectivity index (χ1v) is 9.24. The van der Waals surface area contributed by atoms with E-state index in [1.807, 2.05) is 31.2 Å².